The summed E-state index contributed by atoms with van der Waals surface area (Å²) in [5.74, 6) is 0. The molecule has 6 nitrogen and oxygen atoms in total. The minimum absolute atomic E-state index is 0. The molecule has 0 fully saturated rings. The van der Waals surface area contributed by atoms with E-state index in [9.17, 15) is 0 Å². The predicted octanol–water partition coefficient (Wildman–Crippen LogP) is 2.74. The molecule has 0 aromatic rings. The zero-order valence-corrected chi connectivity index (χ0v) is 22.4. The van der Waals surface area contributed by atoms with Crippen molar-refractivity contribution in [3.8, 4) is 0 Å². The molecule has 0 bridgehead atoms. The van der Waals surface area contributed by atoms with Crippen LogP contribution >= 0.6 is 0 Å². The van der Waals surface area contributed by atoms with Crippen LogP contribution in [0.1, 0.15) is 25.7 Å². The van der Waals surface area contributed by atoms with Gasteiger partial charge in [-0.3, -0.25) is 0 Å². The average molecular weight is 759 g/mol. The van der Waals surface area contributed by atoms with Crippen LogP contribution < -0.4 is 0 Å². The number of nitrogens with zero attached hydrogens (tertiary/aromatic N) is 4. The molecule has 2 aliphatic rings. The number of hydrogen-bond donors (Lipinski definition) is 2. The standard InChI is InChI=1S/C16H28N4O2.4CH3.2Pt/c21-13-11-19-9-7-17(15-19)5-3-1-2-4-6-18-8-10-20(16-18)12-14-22;;;;;;/h7-10,15-16,21-22H,1-6,11-14H2;4*1H3;;/q-2;4*-1;;. The van der Waals surface area contributed by atoms with Crippen molar-refractivity contribution >= 4 is 0 Å². The third-order valence-corrected chi connectivity index (χ3v) is 3.79. The smallest absolute Gasteiger partial charge is 0.0582 e. The molecule has 0 amide bonds. The molecule has 0 saturated heterocycles. The van der Waals surface area contributed by atoms with Gasteiger partial charge in [-0.15, -0.1) is 0 Å². The molecule has 0 aromatic carbocycles. The fourth-order valence-electron chi connectivity index (χ4n) is 2.58. The van der Waals surface area contributed by atoms with Gasteiger partial charge in [-0.05, 0) is 50.7 Å². The first-order chi connectivity index (χ1) is 10.8. The van der Waals surface area contributed by atoms with E-state index in [0.29, 0.717) is 13.1 Å². The van der Waals surface area contributed by atoms with E-state index in [1.54, 1.807) is 0 Å². The van der Waals surface area contributed by atoms with E-state index in [1.807, 2.05) is 22.2 Å². The molecule has 0 aliphatic carbocycles. The average Bonchev–Trinajstić information content (AvgIpc) is 3.13. The van der Waals surface area contributed by atoms with Crippen LogP contribution in [0.25, 0.3) is 0 Å². The van der Waals surface area contributed by atoms with E-state index in [0.717, 1.165) is 13.1 Å². The molecule has 0 unspecified atom stereocenters. The fourth-order valence-corrected chi connectivity index (χ4v) is 2.58. The van der Waals surface area contributed by atoms with Gasteiger partial charge in [-0.1, -0.05) is 12.8 Å². The van der Waals surface area contributed by atoms with Crippen molar-refractivity contribution < 1.29 is 52.3 Å². The minimum Gasteiger partial charge on any atom is -0.508 e. The molecule has 0 aromatic heterocycles. The molecule has 0 atom stereocenters. The van der Waals surface area contributed by atoms with Crippen LogP contribution in [-0.2, 0) is 42.1 Å². The van der Waals surface area contributed by atoms with Gasteiger partial charge in [0.1, 0.15) is 0 Å². The normalized spacial score (nSPS) is 13.6. The second-order valence-electron chi connectivity index (χ2n) is 5.64. The number of hydrogen-bond acceptors (Lipinski definition) is 6. The summed E-state index contributed by atoms with van der Waals surface area (Å²) in [5, 5.41) is 17.8. The molecule has 28 heavy (non-hydrogen) atoms. The number of aliphatic hydroxyl groups is 2. The molecule has 2 rings (SSSR count). The SMILES string of the molecule is OCCN1C=CN(CCCCCCN2C=CN(CCO)[CH-]2)[CH-]1.[CH3-].[CH3-].[CH3-].[CH3-].[Pt].[Pt]. The summed E-state index contributed by atoms with van der Waals surface area (Å²) >= 11 is 0. The Balaban J connectivity index is -0.000000294. The van der Waals surface area contributed by atoms with Crippen molar-refractivity contribution in [2.75, 3.05) is 39.4 Å². The fraction of sp³-hybridized carbons (Fsp3) is 0.500. The van der Waals surface area contributed by atoms with E-state index in [-0.39, 0.29) is 85.1 Å². The predicted molar refractivity (Wildman–Crippen MR) is 112 cm³/mol. The first kappa shape index (κ1) is 38.6. The zero-order chi connectivity index (χ0) is 15.6. The van der Waals surface area contributed by atoms with E-state index < -0.39 is 0 Å². The molecule has 2 heterocycles. The second kappa shape index (κ2) is 23.3. The van der Waals surface area contributed by atoms with Gasteiger partial charge < -0.3 is 59.5 Å². The van der Waals surface area contributed by atoms with E-state index in [4.69, 9.17) is 10.2 Å². The van der Waals surface area contributed by atoms with Gasteiger partial charge in [0.25, 0.3) is 0 Å². The Morgan fingerprint density at radius 2 is 0.786 bits per heavy atom. The van der Waals surface area contributed by atoms with Gasteiger partial charge in [0.05, 0.1) is 13.2 Å². The summed E-state index contributed by atoms with van der Waals surface area (Å²) in [5.41, 5.74) is 0. The summed E-state index contributed by atoms with van der Waals surface area (Å²) < 4.78 is 0. The van der Waals surface area contributed by atoms with Crippen molar-refractivity contribution in [3.05, 3.63) is 67.8 Å². The third kappa shape index (κ3) is 14.9. The Hall–Kier alpha value is -0.0234. The van der Waals surface area contributed by atoms with Crippen LogP contribution in [0.4, 0.5) is 0 Å². The number of unbranched alkanes of at least 4 members (excludes halogenated alkanes) is 3. The Morgan fingerprint density at radius 1 is 0.500 bits per heavy atom. The quantitative estimate of drug-likeness (QED) is 0.250. The first-order valence-electron chi connectivity index (χ1n) is 8.13. The Morgan fingerprint density at radius 3 is 1.07 bits per heavy atom. The van der Waals surface area contributed by atoms with Gasteiger partial charge in [0.2, 0.25) is 0 Å². The molecule has 0 saturated carbocycles. The monoisotopic (exact) mass is 758 g/mol. The van der Waals surface area contributed by atoms with Crippen LogP contribution in [-0.4, -0.2) is 69.2 Å². The summed E-state index contributed by atoms with van der Waals surface area (Å²) in [6.07, 6.45) is 13.0. The third-order valence-electron chi connectivity index (χ3n) is 3.79. The zero-order valence-electron chi connectivity index (χ0n) is 17.9. The first-order valence-corrected chi connectivity index (χ1v) is 8.13. The molecule has 8 heteroatoms. The van der Waals surface area contributed by atoms with Crippen LogP contribution in [0.5, 0.6) is 0 Å². The van der Waals surface area contributed by atoms with Gasteiger partial charge in [0, 0.05) is 55.2 Å². The van der Waals surface area contributed by atoms with Gasteiger partial charge in [-0.25, -0.2) is 0 Å². The molecular formula is C20H40N4O2Pt2-6. The topological polar surface area (TPSA) is 53.4 Å². The van der Waals surface area contributed by atoms with Crippen LogP contribution in [0.2, 0.25) is 0 Å². The summed E-state index contributed by atoms with van der Waals surface area (Å²) in [7, 11) is 0. The number of β-amino-alcohol motifs (C(OH)–C–C–N with tert-alkyl or cyclic N) is 2. The summed E-state index contributed by atoms with van der Waals surface area (Å²) in [6, 6.07) is 0. The maximum Gasteiger partial charge on any atom is 0.0582 e. The molecular weight excluding hydrogens is 718 g/mol. The molecule has 0 radical (unpaired) electrons. The Kier molecular flexibility index (Phi) is 32.0. The van der Waals surface area contributed by atoms with Crippen molar-refractivity contribution in [1.29, 1.82) is 0 Å². The molecule has 178 valence electrons. The van der Waals surface area contributed by atoms with Crippen molar-refractivity contribution in [3.63, 3.8) is 0 Å². The van der Waals surface area contributed by atoms with Crippen molar-refractivity contribution in [1.82, 2.24) is 19.6 Å². The molecule has 2 N–H and O–H groups in total. The largest absolute Gasteiger partial charge is 0.508 e. The van der Waals surface area contributed by atoms with Crippen molar-refractivity contribution in [2.45, 2.75) is 25.7 Å². The number of rotatable bonds is 11. The van der Waals surface area contributed by atoms with E-state index in [2.05, 4.69) is 35.5 Å². The maximum absolute atomic E-state index is 8.88. The minimum atomic E-state index is 0. The Labute approximate surface area is 204 Å². The van der Waals surface area contributed by atoms with Gasteiger partial charge in [-0.2, -0.15) is 13.3 Å². The van der Waals surface area contributed by atoms with Crippen LogP contribution in [0.3, 0.4) is 0 Å². The van der Waals surface area contributed by atoms with Crippen LogP contribution in [0, 0.1) is 43.0 Å². The van der Waals surface area contributed by atoms with Gasteiger partial charge >= 0.3 is 0 Å². The molecule has 0 spiro atoms. The Bertz CT molecular complexity index is 340. The molecule has 2 aliphatic heterocycles. The van der Waals surface area contributed by atoms with E-state index in [1.165, 1.54) is 25.7 Å². The summed E-state index contributed by atoms with van der Waals surface area (Å²) in [4.78, 5) is 8.38. The van der Waals surface area contributed by atoms with E-state index >= 15 is 0 Å². The van der Waals surface area contributed by atoms with Crippen molar-refractivity contribution in [2.24, 2.45) is 0 Å². The van der Waals surface area contributed by atoms with Gasteiger partial charge in [0.15, 0.2) is 0 Å². The van der Waals surface area contributed by atoms with Crippen LogP contribution in [0.15, 0.2) is 24.8 Å². The number of aliphatic hydroxyl groups excluding tert-OH is 2. The second-order valence-corrected chi connectivity index (χ2v) is 5.64. The maximum atomic E-state index is 8.88. The summed E-state index contributed by atoms with van der Waals surface area (Å²) in [6.45, 7) is 7.89.